The Hall–Kier alpha value is -2.62. The molecule has 4 heteroatoms. The smallest absolute Gasteiger partial charge is 0.267 e. The number of nitrogens with zero attached hydrogens (tertiary/aromatic N) is 1. The van der Waals surface area contributed by atoms with Crippen LogP contribution in [0.5, 0.6) is 0 Å². The van der Waals surface area contributed by atoms with Gasteiger partial charge in [0.25, 0.3) is 11.8 Å². The average Bonchev–Trinajstić information content (AvgIpc) is 2.52. The minimum atomic E-state index is -0.555. The number of hydrazine groups is 1. The van der Waals surface area contributed by atoms with Crippen LogP contribution in [0.15, 0.2) is 48.5 Å². The summed E-state index contributed by atoms with van der Waals surface area (Å²) in [6, 6.07) is 14.6. The third-order valence-corrected chi connectivity index (χ3v) is 3.78. The lowest BCUT2D eigenvalue weighted by atomic mass is 10.1. The Bertz CT molecular complexity index is 743. The van der Waals surface area contributed by atoms with Crippen LogP contribution in [0.2, 0.25) is 0 Å². The van der Waals surface area contributed by atoms with Crippen molar-refractivity contribution in [3.8, 4) is 0 Å². The van der Waals surface area contributed by atoms with Crippen molar-refractivity contribution in [2.45, 2.75) is 40.2 Å². The molecule has 0 aliphatic rings. The number of carbonyl (C=O) groups is 2. The fourth-order valence-electron chi connectivity index (χ4n) is 2.34. The van der Waals surface area contributed by atoms with Gasteiger partial charge in [0, 0.05) is 11.1 Å². The highest BCUT2D eigenvalue weighted by molar-refractivity contribution is 6.00. The van der Waals surface area contributed by atoms with E-state index in [1.54, 1.807) is 18.2 Å². The van der Waals surface area contributed by atoms with Gasteiger partial charge in [0.2, 0.25) is 0 Å². The zero-order chi connectivity index (χ0) is 17.9. The number of aryl methyl sites for hydroxylation is 2. The van der Waals surface area contributed by atoms with Crippen molar-refractivity contribution in [3.05, 3.63) is 70.8 Å². The van der Waals surface area contributed by atoms with Gasteiger partial charge >= 0.3 is 0 Å². The molecule has 4 nitrogen and oxygen atoms in total. The van der Waals surface area contributed by atoms with E-state index in [0.29, 0.717) is 11.1 Å². The first-order valence-corrected chi connectivity index (χ1v) is 7.98. The minimum Gasteiger partial charge on any atom is -0.267 e. The van der Waals surface area contributed by atoms with Gasteiger partial charge in [0.1, 0.15) is 0 Å². The van der Waals surface area contributed by atoms with Gasteiger partial charge in [-0.25, -0.2) is 5.01 Å². The van der Waals surface area contributed by atoms with E-state index in [2.05, 4.69) is 5.43 Å². The van der Waals surface area contributed by atoms with Gasteiger partial charge in [-0.2, -0.15) is 0 Å². The van der Waals surface area contributed by atoms with Crippen LogP contribution in [0.25, 0.3) is 0 Å². The molecule has 0 saturated carbocycles. The van der Waals surface area contributed by atoms with Crippen LogP contribution in [0.1, 0.15) is 52.6 Å². The molecular formula is C20H24N2O2. The van der Waals surface area contributed by atoms with Crippen LogP contribution >= 0.6 is 0 Å². The molecule has 0 atom stereocenters. The molecule has 0 radical (unpaired) electrons. The molecule has 0 aliphatic carbocycles. The molecular weight excluding hydrogens is 300 g/mol. The van der Waals surface area contributed by atoms with Crippen LogP contribution in [0, 0.1) is 13.8 Å². The van der Waals surface area contributed by atoms with Crippen LogP contribution in [-0.4, -0.2) is 22.4 Å². The monoisotopic (exact) mass is 324 g/mol. The lowest BCUT2D eigenvalue weighted by molar-refractivity contribution is 0.0358. The Morgan fingerprint density at radius 2 is 1.50 bits per heavy atom. The second kappa shape index (κ2) is 6.87. The highest BCUT2D eigenvalue weighted by atomic mass is 16.2. The van der Waals surface area contributed by atoms with Gasteiger partial charge in [-0.1, -0.05) is 35.9 Å². The summed E-state index contributed by atoms with van der Waals surface area (Å²) in [7, 11) is 0. The Morgan fingerprint density at radius 3 is 2.04 bits per heavy atom. The van der Waals surface area contributed by atoms with Gasteiger partial charge in [0.15, 0.2) is 0 Å². The second-order valence-corrected chi connectivity index (χ2v) is 6.93. The normalized spacial score (nSPS) is 11.0. The minimum absolute atomic E-state index is 0.232. The first kappa shape index (κ1) is 17.7. The van der Waals surface area contributed by atoms with Gasteiger partial charge in [0.05, 0.1) is 5.54 Å². The maximum atomic E-state index is 12.9. The van der Waals surface area contributed by atoms with Crippen molar-refractivity contribution in [2.75, 3.05) is 0 Å². The Kier molecular flexibility index (Phi) is 5.07. The van der Waals surface area contributed by atoms with E-state index in [0.717, 1.165) is 11.1 Å². The molecule has 0 heterocycles. The van der Waals surface area contributed by atoms with E-state index >= 15 is 0 Å². The molecule has 2 aromatic rings. The summed E-state index contributed by atoms with van der Waals surface area (Å²) in [6.07, 6.45) is 0. The average molecular weight is 324 g/mol. The maximum absolute atomic E-state index is 12.9. The van der Waals surface area contributed by atoms with Crippen molar-refractivity contribution in [2.24, 2.45) is 0 Å². The van der Waals surface area contributed by atoms with Crippen LogP contribution in [0.3, 0.4) is 0 Å². The highest BCUT2D eigenvalue weighted by Crippen LogP contribution is 2.17. The number of amides is 2. The summed E-state index contributed by atoms with van der Waals surface area (Å²) in [4.78, 5) is 25.5. The van der Waals surface area contributed by atoms with Gasteiger partial charge in [-0.05, 0) is 58.4 Å². The van der Waals surface area contributed by atoms with Crippen molar-refractivity contribution >= 4 is 11.8 Å². The zero-order valence-corrected chi connectivity index (χ0v) is 14.9. The molecule has 0 unspecified atom stereocenters. The number of rotatable bonds is 2. The molecule has 0 spiro atoms. The molecule has 2 aromatic carbocycles. The highest BCUT2D eigenvalue weighted by Gasteiger charge is 2.29. The summed E-state index contributed by atoms with van der Waals surface area (Å²) in [5.41, 5.74) is 5.27. The van der Waals surface area contributed by atoms with Crippen molar-refractivity contribution < 1.29 is 9.59 Å². The second-order valence-electron chi connectivity index (χ2n) is 6.93. The number of hydrogen-bond donors (Lipinski definition) is 1. The predicted octanol–water partition coefficient (Wildman–Crippen LogP) is 3.89. The molecule has 2 rings (SSSR count). The topological polar surface area (TPSA) is 49.4 Å². The molecule has 0 aromatic heterocycles. The van der Waals surface area contributed by atoms with E-state index in [1.165, 1.54) is 5.01 Å². The molecule has 0 saturated heterocycles. The SMILES string of the molecule is Cc1ccc(C(=O)N(NC(=O)c2ccccc2C)C(C)(C)C)cc1. The van der Waals surface area contributed by atoms with Gasteiger partial charge in [-0.3, -0.25) is 15.0 Å². The number of hydrogen-bond acceptors (Lipinski definition) is 2. The van der Waals surface area contributed by atoms with Crippen molar-refractivity contribution in [3.63, 3.8) is 0 Å². The Morgan fingerprint density at radius 1 is 0.917 bits per heavy atom. The van der Waals surface area contributed by atoms with Crippen molar-refractivity contribution in [1.82, 2.24) is 10.4 Å². The first-order valence-electron chi connectivity index (χ1n) is 7.98. The standard InChI is InChI=1S/C20H24N2O2/c1-14-10-12-16(13-11-14)19(24)22(20(3,4)5)21-18(23)17-9-7-6-8-15(17)2/h6-13H,1-5H3,(H,21,23). The first-order chi connectivity index (χ1) is 11.2. The fourth-order valence-corrected chi connectivity index (χ4v) is 2.34. The molecule has 0 bridgehead atoms. The summed E-state index contributed by atoms with van der Waals surface area (Å²) in [6.45, 7) is 9.50. The molecule has 0 aliphatic heterocycles. The molecule has 2 amide bonds. The molecule has 126 valence electrons. The Balaban J connectivity index is 2.29. The number of benzene rings is 2. The van der Waals surface area contributed by atoms with Crippen LogP contribution < -0.4 is 5.43 Å². The van der Waals surface area contributed by atoms with Crippen molar-refractivity contribution in [1.29, 1.82) is 0 Å². The summed E-state index contributed by atoms with van der Waals surface area (Å²) in [5.74, 6) is -0.520. The summed E-state index contributed by atoms with van der Waals surface area (Å²) < 4.78 is 0. The van der Waals surface area contributed by atoms with E-state index < -0.39 is 5.54 Å². The van der Waals surface area contributed by atoms with E-state index in [-0.39, 0.29) is 11.8 Å². The maximum Gasteiger partial charge on any atom is 0.272 e. The van der Waals surface area contributed by atoms with E-state index in [9.17, 15) is 9.59 Å². The third-order valence-electron chi connectivity index (χ3n) is 3.78. The summed E-state index contributed by atoms with van der Waals surface area (Å²) >= 11 is 0. The Labute approximate surface area is 143 Å². The van der Waals surface area contributed by atoms with Crippen LogP contribution in [0.4, 0.5) is 0 Å². The fraction of sp³-hybridized carbons (Fsp3) is 0.300. The zero-order valence-electron chi connectivity index (χ0n) is 14.9. The van der Waals surface area contributed by atoms with Gasteiger partial charge < -0.3 is 0 Å². The van der Waals surface area contributed by atoms with Crippen LogP contribution in [-0.2, 0) is 0 Å². The third kappa shape index (κ3) is 4.02. The largest absolute Gasteiger partial charge is 0.272 e. The lowest BCUT2D eigenvalue weighted by Crippen LogP contribution is -2.56. The molecule has 0 fully saturated rings. The van der Waals surface area contributed by atoms with E-state index in [1.807, 2.05) is 65.0 Å². The lowest BCUT2D eigenvalue weighted by Gasteiger charge is -2.35. The van der Waals surface area contributed by atoms with E-state index in [4.69, 9.17) is 0 Å². The quantitative estimate of drug-likeness (QED) is 0.852. The number of nitrogens with one attached hydrogen (secondary N) is 1. The molecule has 24 heavy (non-hydrogen) atoms. The summed E-state index contributed by atoms with van der Waals surface area (Å²) in [5, 5.41) is 1.40. The number of carbonyl (C=O) groups excluding carboxylic acids is 2. The van der Waals surface area contributed by atoms with Gasteiger partial charge in [-0.15, -0.1) is 0 Å². The predicted molar refractivity (Wildman–Crippen MR) is 95.7 cm³/mol. The molecule has 1 N–H and O–H groups in total.